The predicted octanol–water partition coefficient (Wildman–Crippen LogP) is 3.65. The first-order valence-corrected chi connectivity index (χ1v) is 9.28. The fraction of sp³-hybridized carbons (Fsp3) is 0.263. The SMILES string of the molecule is CCn1c(SCC(=O)CCc2ccccc2)nnc1-c1cccnc1. The Hall–Kier alpha value is -2.47. The Balaban J connectivity index is 1.60. The lowest BCUT2D eigenvalue weighted by Gasteiger charge is -2.07. The maximum atomic E-state index is 12.2. The second-order valence-corrected chi connectivity index (χ2v) is 6.55. The highest BCUT2D eigenvalue weighted by molar-refractivity contribution is 7.99. The number of rotatable bonds is 8. The van der Waals surface area contributed by atoms with Crippen LogP contribution in [0.2, 0.25) is 0 Å². The Morgan fingerprint density at radius 3 is 2.68 bits per heavy atom. The van der Waals surface area contributed by atoms with Crippen molar-refractivity contribution in [3.05, 3.63) is 60.4 Å². The van der Waals surface area contributed by atoms with E-state index in [2.05, 4.69) is 15.2 Å². The quantitative estimate of drug-likeness (QED) is 0.579. The zero-order valence-electron chi connectivity index (χ0n) is 14.1. The molecule has 3 aromatic rings. The summed E-state index contributed by atoms with van der Waals surface area (Å²) in [5, 5.41) is 9.29. The van der Waals surface area contributed by atoms with Gasteiger partial charge in [-0.1, -0.05) is 42.1 Å². The zero-order chi connectivity index (χ0) is 17.5. The lowest BCUT2D eigenvalue weighted by atomic mass is 10.1. The summed E-state index contributed by atoms with van der Waals surface area (Å²) in [5.41, 5.74) is 2.12. The highest BCUT2D eigenvalue weighted by Crippen LogP contribution is 2.23. The van der Waals surface area contributed by atoms with E-state index in [1.54, 1.807) is 12.4 Å². The highest BCUT2D eigenvalue weighted by atomic mass is 32.2. The number of pyridine rings is 1. The number of thioether (sulfide) groups is 1. The number of ketones is 1. The smallest absolute Gasteiger partial charge is 0.191 e. The number of hydrogen-bond donors (Lipinski definition) is 0. The molecule has 6 heteroatoms. The minimum absolute atomic E-state index is 0.224. The second-order valence-electron chi connectivity index (χ2n) is 5.61. The fourth-order valence-electron chi connectivity index (χ4n) is 2.53. The van der Waals surface area contributed by atoms with Crippen molar-refractivity contribution in [1.29, 1.82) is 0 Å². The molecule has 0 bridgehead atoms. The number of hydrogen-bond acceptors (Lipinski definition) is 5. The summed E-state index contributed by atoms with van der Waals surface area (Å²) in [7, 11) is 0. The Labute approximate surface area is 151 Å². The van der Waals surface area contributed by atoms with Crippen LogP contribution in [0.4, 0.5) is 0 Å². The molecule has 0 atom stereocenters. The third-order valence-corrected chi connectivity index (χ3v) is 4.88. The summed E-state index contributed by atoms with van der Waals surface area (Å²) in [6.45, 7) is 2.79. The van der Waals surface area contributed by atoms with Gasteiger partial charge in [0.05, 0.1) is 5.75 Å². The van der Waals surface area contributed by atoms with Crippen molar-refractivity contribution in [1.82, 2.24) is 19.7 Å². The van der Waals surface area contributed by atoms with Crippen LogP contribution in [0.25, 0.3) is 11.4 Å². The molecule has 2 heterocycles. The number of aryl methyl sites for hydroxylation is 1. The Bertz CT molecular complexity index is 818. The Kier molecular flexibility index (Phi) is 5.95. The molecule has 0 unspecified atom stereocenters. The highest BCUT2D eigenvalue weighted by Gasteiger charge is 2.14. The molecule has 0 radical (unpaired) electrons. The van der Waals surface area contributed by atoms with Gasteiger partial charge in [-0.05, 0) is 31.0 Å². The van der Waals surface area contributed by atoms with E-state index in [9.17, 15) is 4.79 Å². The van der Waals surface area contributed by atoms with Crippen LogP contribution in [0.15, 0.2) is 60.0 Å². The van der Waals surface area contributed by atoms with Gasteiger partial charge >= 0.3 is 0 Å². The number of benzene rings is 1. The number of aromatic nitrogens is 4. The normalized spacial score (nSPS) is 10.8. The molecule has 0 aliphatic rings. The van der Waals surface area contributed by atoms with E-state index in [0.29, 0.717) is 12.2 Å². The van der Waals surface area contributed by atoms with Crippen molar-refractivity contribution >= 4 is 17.5 Å². The molecule has 0 spiro atoms. The van der Waals surface area contributed by atoms with Gasteiger partial charge < -0.3 is 4.57 Å². The van der Waals surface area contributed by atoms with Crippen LogP contribution in [0.1, 0.15) is 18.9 Å². The molecule has 5 nitrogen and oxygen atoms in total. The summed E-state index contributed by atoms with van der Waals surface area (Å²) in [6.07, 6.45) is 4.83. The molecule has 3 rings (SSSR count). The molecule has 0 aliphatic heterocycles. The summed E-state index contributed by atoms with van der Waals surface area (Å²) >= 11 is 1.45. The molecule has 0 fully saturated rings. The summed E-state index contributed by atoms with van der Waals surface area (Å²) in [6, 6.07) is 13.9. The molecule has 128 valence electrons. The van der Waals surface area contributed by atoms with Crippen LogP contribution in [-0.2, 0) is 17.8 Å². The maximum absolute atomic E-state index is 12.2. The Morgan fingerprint density at radius 1 is 1.12 bits per heavy atom. The summed E-state index contributed by atoms with van der Waals surface area (Å²) in [5.74, 6) is 1.43. The van der Waals surface area contributed by atoms with Crippen LogP contribution in [0.5, 0.6) is 0 Å². The Morgan fingerprint density at radius 2 is 1.96 bits per heavy atom. The molecule has 0 saturated carbocycles. The van der Waals surface area contributed by atoms with Crippen molar-refractivity contribution in [2.24, 2.45) is 0 Å². The van der Waals surface area contributed by atoms with Gasteiger partial charge in [0.25, 0.3) is 0 Å². The van der Waals surface area contributed by atoms with Crippen LogP contribution in [0, 0.1) is 0 Å². The van der Waals surface area contributed by atoms with Crippen LogP contribution in [0.3, 0.4) is 0 Å². The standard InChI is InChI=1S/C19H20N4OS/c1-2-23-18(16-9-6-12-20-13-16)21-22-19(23)25-14-17(24)11-10-15-7-4-3-5-8-15/h3-9,12-13H,2,10-11,14H2,1H3. The van der Waals surface area contributed by atoms with Gasteiger partial charge in [0.2, 0.25) is 0 Å². The predicted molar refractivity (Wildman–Crippen MR) is 99.4 cm³/mol. The molecule has 2 aromatic heterocycles. The molecule has 0 aliphatic carbocycles. The summed E-state index contributed by atoms with van der Waals surface area (Å²) < 4.78 is 2.02. The minimum atomic E-state index is 0.224. The lowest BCUT2D eigenvalue weighted by Crippen LogP contribution is -2.06. The van der Waals surface area contributed by atoms with E-state index in [0.717, 1.165) is 29.5 Å². The van der Waals surface area contributed by atoms with E-state index < -0.39 is 0 Å². The van der Waals surface area contributed by atoms with Crippen molar-refractivity contribution < 1.29 is 4.79 Å². The van der Waals surface area contributed by atoms with Gasteiger partial charge in [0.15, 0.2) is 11.0 Å². The average Bonchev–Trinajstić information content (AvgIpc) is 3.09. The van der Waals surface area contributed by atoms with Gasteiger partial charge in [-0.15, -0.1) is 10.2 Å². The first kappa shape index (κ1) is 17.4. The van der Waals surface area contributed by atoms with E-state index in [-0.39, 0.29) is 5.78 Å². The molecule has 0 saturated heterocycles. The van der Waals surface area contributed by atoms with Gasteiger partial charge in [-0.25, -0.2) is 0 Å². The number of nitrogens with zero attached hydrogens (tertiary/aromatic N) is 4. The van der Waals surface area contributed by atoms with Gasteiger partial charge in [0, 0.05) is 30.9 Å². The van der Waals surface area contributed by atoms with Crippen LogP contribution < -0.4 is 0 Å². The van der Waals surface area contributed by atoms with E-state index in [4.69, 9.17) is 0 Å². The lowest BCUT2D eigenvalue weighted by molar-refractivity contribution is -0.116. The monoisotopic (exact) mass is 352 g/mol. The van der Waals surface area contributed by atoms with Gasteiger partial charge in [-0.3, -0.25) is 9.78 Å². The topological polar surface area (TPSA) is 60.7 Å². The third-order valence-electron chi connectivity index (χ3n) is 3.85. The van der Waals surface area contributed by atoms with Crippen molar-refractivity contribution in [3.63, 3.8) is 0 Å². The first-order valence-electron chi connectivity index (χ1n) is 8.30. The fourth-order valence-corrected chi connectivity index (χ4v) is 3.44. The van der Waals surface area contributed by atoms with Crippen molar-refractivity contribution in [3.8, 4) is 11.4 Å². The van der Waals surface area contributed by atoms with E-state index in [1.165, 1.54) is 17.3 Å². The van der Waals surface area contributed by atoms with Crippen LogP contribution >= 0.6 is 11.8 Å². The van der Waals surface area contributed by atoms with Gasteiger partial charge in [-0.2, -0.15) is 0 Å². The first-order chi connectivity index (χ1) is 12.3. The van der Waals surface area contributed by atoms with Gasteiger partial charge in [0.1, 0.15) is 5.78 Å². The number of Topliss-reactive ketones (excluding diaryl/α,β-unsaturated/α-hetero) is 1. The minimum Gasteiger partial charge on any atom is -0.302 e. The maximum Gasteiger partial charge on any atom is 0.191 e. The number of carbonyl (C=O) groups excluding carboxylic acids is 1. The summed E-state index contributed by atoms with van der Waals surface area (Å²) in [4.78, 5) is 16.3. The van der Waals surface area contributed by atoms with Crippen molar-refractivity contribution in [2.75, 3.05) is 5.75 Å². The molecular weight excluding hydrogens is 332 g/mol. The van der Waals surface area contributed by atoms with Crippen LogP contribution in [-0.4, -0.2) is 31.3 Å². The van der Waals surface area contributed by atoms with E-state index >= 15 is 0 Å². The zero-order valence-corrected chi connectivity index (χ0v) is 14.9. The molecule has 25 heavy (non-hydrogen) atoms. The third kappa shape index (κ3) is 4.54. The second kappa shape index (κ2) is 8.58. The molecule has 0 N–H and O–H groups in total. The largest absolute Gasteiger partial charge is 0.302 e. The number of carbonyl (C=O) groups is 1. The average molecular weight is 352 g/mol. The van der Waals surface area contributed by atoms with Crippen molar-refractivity contribution in [2.45, 2.75) is 31.5 Å². The molecule has 0 amide bonds. The van der Waals surface area contributed by atoms with E-state index in [1.807, 2.05) is 54.0 Å². The molecule has 1 aromatic carbocycles. The molecular formula is C19H20N4OS.